The predicted molar refractivity (Wildman–Crippen MR) is 75.0 cm³/mol. The quantitative estimate of drug-likeness (QED) is 0.528. The van der Waals surface area contributed by atoms with E-state index in [9.17, 15) is 9.59 Å². The van der Waals surface area contributed by atoms with Crippen LogP contribution in [0.25, 0.3) is 0 Å². The molecule has 0 aliphatic heterocycles. The van der Waals surface area contributed by atoms with E-state index in [4.69, 9.17) is 9.47 Å². The molecule has 0 N–H and O–H groups in total. The third-order valence-electron chi connectivity index (χ3n) is 3.17. The van der Waals surface area contributed by atoms with E-state index in [-0.39, 0.29) is 5.78 Å². The molecule has 0 aromatic heterocycles. The Morgan fingerprint density at radius 2 is 1.53 bits per heavy atom. The van der Waals surface area contributed by atoms with Gasteiger partial charge in [0, 0.05) is 6.61 Å². The van der Waals surface area contributed by atoms with Gasteiger partial charge >= 0.3 is 5.97 Å². The van der Waals surface area contributed by atoms with Crippen LogP contribution in [-0.2, 0) is 19.1 Å². The van der Waals surface area contributed by atoms with Crippen LogP contribution in [0.4, 0.5) is 0 Å². The Bertz CT molecular complexity index is 311. The third kappa shape index (κ3) is 4.94. The molecule has 0 saturated heterocycles. The summed E-state index contributed by atoms with van der Waals surface area (Å²) in [5, 5.41) is 0. The van der Waals surface area contributed by atoms with E-state index in [1.807, 2.05) is 20.8 Å². The van der Waals surface area contributed by atoms with Crippen LogP contribution in [0.1, 0.15) is 61.3 Å². The van der Waals surface area contributed by atoms with E-state index >= 15 is 0 Å². The standard InChI is InChI=1S/C15H28O4/c1-8-15(9-2,18-10-3)12(16)11(4)13(17)19-14(5,6)7/h11H,8-10H2,1-7H3. The summed E-state index contributed by atoms with van der Waals surface area (Å²) in [5.74, 6) is -1.47. The molecule has 0 aliphatic carbocycles. The van der Waals surface area contributed by atoms with Gasteiger partial charge in [0.15, 0.2) is 5.78 Å². The van der Waals surface area contributed by atoms with Crippen molar-refractivity contribution in [2.45, 2.75) is 72.5 Å². The second-order valence-corrected chi connectivity index (χ2v) is 5.75. The molecule has 19 heavy (non-hydrogen) atoms. The normalized spacial score (nSPS) is 14.1. The molecule has 0 heterocycles. The van der Waals surface area contributed by atoms with Gasteiger partial charge in [-0.1, -0.05) is 13.8 Å². The van der Waals surface area contributed by atoms with Gasteiger partial charge in [0.2, 0.25) is 0 Å². The van der Waals surface area contributed by atoms with Gasteiger partial charge in [0.1, 0.15) is 17.1 Å². The second kappa shape index (κ2) is 7.04. The smallest absolute Gasteiger partial charge is 0.316 e. The zero-order chi connectivity index (χ0) is 15.3. The van der Waals surface area contributed by atoms with Crippen LogP contribution in [0.15, 0.2) is 0 Å². The van der Waals surface area contributed by atoms with E-state index in [0.29, 0.717) is 19.4 Å². The molecule has 0 fully saturated rings. The van der Waals surface area contributed by atoms with Crippen molar-refractivity contribution >= 4 is 11.8 Å². The summed E-state index contributed by atoms with van der Waals surface area (Å²) < 4.78 is 10.9. The van der Waals surface area contributed by atoms with Gasteiger partial charge in [-0.2, -0.15) is 0 Å². The topological polar surface area (TPSA) is 52.6 Å². The third-order valence-corrected chi connectivity index (χ3v) is 3.17. The first kappa shape index (κ1) is 18.1. The van der Waals surface area contributed by atoms with Gasteiger partial charge < -0.3 is 9.47 Å². The van der Waals surface area contributed by atoms with Crippen molar-refractivity contribution in [3.05, 3.63) is 0 Å². The number of hydrogen-bond donors (Lipinski definition) is 0. The highest BCUT2D eigenvalue weighted by Crippen LogP contribution is 2.26. The largest absolute Gasteiger partial charge is 0.459 e. The summed E-state index contributed by atoms with van der Waals surface area (Å²) in [7, 11) is 0. The Labute approximate surface area is 116 Å². The van der Waals surface area contributed by atoms with E-state index in [2.05, 4.69) is 0 Å². The second-order valence-electron chi connectivity index (χ2n) is 5.75. The maximum atomic E-state index is 12.5. The highest BCUT2D eigenvalue weighted by atomic mass is 16.6. The first-order valence-electron chi connectivity index (χ1n) is 7.04. The molecular formula is C15H28O4. The number of rotatable bonds is 7. The van der Waals surface area contributed by atoms with E-state index in [0.717, 1.165) is 0 Å². The molecule has 112 valence electrons. The predicted octanol–water partition coefficient (Wildman–Crippen LogP) is 3.13. The molecule has 0 aromatic carbocycles. The number of carbonyl (C=O) groups excluding carboxylic acids is 2. The van der Waals surface area contributed by atoms with E-state index in [1.165, 1.54) is 0 Å². The molecule has 4 heteroatoms. The highest BCUT2D eigenvalue weighted by Gasteiger charge is 2.42. The molecule has 0 aliphatic rings. The number of esters is 1. The molecule has 0 amide bonds. The monoisotopic (exact) mass is 272 g/mol. The molecule has 0 saturated carbocycles. The van der Waals surface area contributed by atoms with Crippen molar-refractivity contribution in [2.75, 3.05) is 6.61 Å². The zero-order valence-corrected chi connectivity index (χ0v) is 13.3. The van der Waals surface area contributed by atoms with Gasteiger partial charge in [-0.05, 0) is 47.5 Å². The number of hydrogen-bond acceptors (Lipinski definition) is 4. The van der Waals surface area contributed by atoms with Crippen molar-refractivity contribution in [1.82, 2.24) is 0 Å². The van der Waals surface area contributed by atoms with Crippen molar-refractivity contribution < 1.29 is 19.1 Å². The molecule has 0 radical (unpaired) electrons. The summed E-state index contributed by atoms with van der Waals surface area (Å²) in [6.45, 7) is 13.1. The number of Topliss-reactive ketones (excluding diaryl/α,β-unsaturated/α-hetero) is 1. The average molecular weight is 272 g/mol. The fourth-order valence-corrected chi connectivity index (χ4v) is 2.04. The molecule has 1 atom stereocenters. The van der Waals surface area contributed by atoms with Gasteiger partial charge in [0.25, 0.3) is 0 Å². The van der Waals surface area contributed by atoms with Crippen molar-refractivity contribution in [3.8, 4) is 0 Å². The van der Waals surface area contributed by atoms with Gasteiger partial charge in [-0.15, -0.1) is 0 Å². The van der Waals surface area contributed by atoms with Crippen molar-refractivity contribution in [3.63, 3.8) is 0 Å². The summed E-state index contributed by atoms with van der Waals surface area (Å²) in [6.07, 6.45) is 1.12. The Hall–Kier alpha value is -0.900. The maximum absolute atomic E-state index is 12.5. The Kier molecular flexibility index (Phi) is 6.70. The molecule has 0 rings (SSSR count). The average Bonchev–Trinajstić information content (AvgIpc) is 2.32. The minimum atomic E-state index is -0.870. The SMILES string of the molecule is CCOC(CC)(CC)C(=O)C(C)C(=O)OC(C)(C)C. The van der Waals surface area contributed by atoms with Crippen molar-refractivity contribution in [1.29, 1.82) is 0 Å². The van der Waals surface area contributed by atoms with Gasteiger partial charge in [-0.3, -0.25) is 9.59 Å². The molecular weight excluding hydrogens is 244 g/mol. The van der Waals surface area contributed by atoms with E-state index in [1.54, 1.807) is 27.7 Å². The van der Waals surface area contributed by atoms with Crippen LogP contribution in [0, 0.1) is 5.92 Å². The van der Waals surface area contributed by atoms with Gasteiger partial charge in [-0.25, -0.2) is 0 Å². The van der Waals surface area contributed by atoms with Crippen LogP contribution in [0.5, 0.6) is 0 Å². The van der Waals surface area contributed by atoms with Crippen LogP contribution in [0.2, 0.25) is 0 Å². The lowest BCUT2D eigenvalue weighted by molar-refractivity contribution is -0.168. The fourth-order valence-electron chi connectivity index (χ4n) is 2.04. The number of carbonyl (C=O) groups is 2. The first-order chi connectivity index (χ1) is 8.63. The van der Waals surface area contributed by atoms with Crippen molar-refractivity contribution in [2.24, 2.45) is 5.92 Å². The summed E-state index contributed by atoms with van der Waals surface area (Å²) >= 11 is 0. The Morgan fingerprint density at radius 1 is 1.05 bits per heavy atom. The molecule has 0 aromatic rings. The van der Waals surface area contributed by atoms with Crippen LogP contribution in [-0.4, -0.2) is 29.6 Å². The minimum absolute atomic E-state index is 0.186. The summed E-state index contributed by atoms with van der Waals surface area (Å²) in [6, 6.07) is 0. The van der Waals surface area contributed by atoms with Crippen LogP contribution < -0.4 is 0 Å². The number of ether oxygens (including phenoxy) is 2. The Balaban J connectivity index is 5.00. The molecule has 0 bridgehead atoms. The molecule has 4 nitrogen and oxygen atoms in total. The van der Waals surface area contributed by atoms with E-state index < -0.39 is 23.1 Å². The lowest BCUT2D eigenvalue weighted by atomic mass is 9.85. The Morgan fingerprint density at radius 3 is 1.84 bits per heavy atom. The summed E-state index contributed by atoms with van der Waals surface area (Å²) in [5.41, 5.74) is -1.45. The fraction of sp³-hybridized carbons (Fsp3) is 0.867. The number of ketones is 1. The maximum Gasteiger partial charge on any atom is 0.316 e. The van der Waals surface area contributed by atoms with Crippen LogP contribution in [0.3, 0.4) is 0 Å². The van der Waals surface area contributed by atoms with Crippen LogP contribution >= 0.6 is 0 Å². The van der Waals surface area contributed by atoms with Gasteiger partial charge in [0.05, 0.1) is 0 Å². The molecule has 0 spiro atoms. The lowest BCUT2D eigenvalue weighted by Gasteiger charge is -2.32. The lowest BCUT2D eigenvalue weighted by Crippen LogP contribution is -2.46. The minimum Gasteiger partial charge on any atom is -0.459 e. The zero-order valence-electron chi connectivity index (χ0n) is 13.3. The summed E-state index contributed by atoms with van der Waals surface area (Å²) in [4.78, 5) is 24.5. The highest BCUT2D eigenvalue weighted by molar-refractivity contribution is 6.03. The first-order valence-corrected chi connectivity index (χ1v) is 7.04. The molecule has 1 unspecified atom stereocenters.